The number of fused-ring (bicyclic) bond motifs is 3. The maximum Gasteiger partial charge on any atom is 0.102 e. The molecule has 1 N–H and O–H groups in total. The van der Waals surface area contributed by atoms with Crippen LogP contribution < -0.4 is 5.32 Å². The maximum absolute atomic E-state index is 9.71. The van der Waals surface area contributed by atoms with Crippen molar-refractivity contribution in [3.05, 3.63) is 71.4 Å². The van der Waals surface area contributed by atoms with Crippen LogP contribution in [0.3, 0.4) is 0 Å². The molecule has 0 spiro atoms. The third-order valence-corrected chi connectivity index (χ3v) is 4.97. The van der Waals surface area contributed by atoms with Gasteiger partial charge >= 0.3 is 0 Å². The molecule has 0 fully saturated rings. The fourth-order valence-corrected chi connectivity index (χ4v) is 3.87. The molecule has 0 saturated carbocycles. The van der Waals surface area contributed by atoms with E-state index >= 15 is 0 Å². The minimum atomic E-state index is 0.268. The number of hydrogen-bond donors (Lipinski definition) is 1. The second-order valence-electron chi connectivity index (χ2n) is 6.43. The third-order valence-electron chi connectivity index (χ3n) is 4.97. The van der Waals surface area contributed by atoms with Crippen molar-refractivity contribution < 1.29 is 0 Å². The lowest BCUT2D eigenvalue weighted by atomic mass is 10.00. The fraction of sp³-hybridized carbons (Fsp3) is 0.286. The molecule has 120 valence electrons. The molecule has 0 amide bonds. The van der Waals surface area contributed by atoms with Crippen molar-refractivity contribution in [2.45, 2.75) is 31.8 Å². The highest BCUT2D eigenvalue weighted by molar-refractivity contribution is 5.88. The Morgan fingerprint density at radius 2 is 1.88 bits per heavy atom. The minimum absolute atomic E-state index is 0.268. The largest absolute Gasteiger partial charge is 0.342 e. The Hall–Kier alpha value is -2.57. The molecule has 1 aromatic heterocycles. The Bertz CT molecular complexity index is 887. The summed E-state index contributed by atoms with van der Waals surface area (Å²) >= 11 is 0. The van der Waals surface area contributed by atoms with Crippen LogP contribution in [0.15, 0.2) is 54.6 Å². The molecule has 1 atom stereocenters. The van der Waals surface area contributed by atoms with Crippen LogP contribution in [-0.4, -0.2) is 11.1 Å². The lowest BCUT2D eigenvalue weighted by molar-refractivity contribution is 0.402. The van der Waals surface area contributed by atoms with E-state index in [0.717, 1.165) is 43.3 Å². The summed E-state index contributed by atoms with van der Waals surface area (Å²) in [6, 6.07) is 21.6. The Morgan fingerprint density at radius 3 is 2.71 bits per heavy atom. The van der Waals surface area contributed by atoms with E-state index in [9.17, 15) is 5.26 Å². The number of nitrogens with zero attached hydrogens (tertiary/aromatic N) is 2. The lowest BCUT2D eigenvalue weighted by Gasteiger charge is -2.27. The van der Waals surface area contributed by atoms with Crippen molar-refractivity contribution in [2.24, 2.45) is 0 Å². The van der Waals surface area contributed by atoms with Gasteiger partial charge in [0.2, 0.25) is 0 Å². The van der Waals surface area contributed by atoms with Gasteiger partial charge in [-0.1, -0.05) is 48.5 Å². The van der Waals surface area contributed by atoms with Crippen molar-refractivity contribution in [1.82, 2.24) is 9.88 Å². The molecule has 2 heterocycles. The number of aryl methyl sites for hydroxylation is 1. The predicted molar refractivity (Wildman–Crippen MR) is 96.8 cm³/mol. The zero-order valence-corrected chi connectivity index (χ0v) is 13.7. The molecule has 2 aromatic carbocycles. The molecule has 3 aromatic rings. The van der Waals surface area contributed by atoms with Crippen LogP contribution in [0.2, 0.25) is 0 Å². The van der Waals surface area contributed by atoms with E-state index in [1.165, 1.54) is 16.8 Å². The van der Waals surface area contributed by atoms with E-state index < -0.39 is 0 Å². The first-order valence-corrected chi connectivity index (χ1v) is 8.67. The van der Waals surface area contributed by atoms with Crippen LogP contribution in [0.25, 0.3) is 10.9 Å². The summed E-state index contributed by atoms with van der Waals surface area (Å²) in [5, 5.41) is 14.5. The van der Waals surface area contributed by atoms with E-state index in [0.29, 0.717) is 0 Å². The van der Waals surface area contributed by atoms with Gasteiger partial charge in [0.1, 0.15) is 6.07 Å². The molecule has 0 bridgehead atoms. The monoisotopic (exact) mass is 315 g/mol. The molecule has 4 rings (SSSR count). The quantitative estimate of drug-likeness (QED) is 0.784. The number of benzene rings is 2. The van der Waals surface area contributed by atoms with Gasteiger partial charge in [0, 0.05) is 23.5 Å². The van der Waals surface area contributed by atoms with Gasteiger partial charge < -0.3 is 9.88 Å². The van der Waals surface area contributed by atoms with Gasteiger partial charge in [0.15, 0.2) is 0 Å². The van der Waals surface area contributed by atoms with Crippen molar-refractivity contribution in [3.8, 4) is 6.07 Å². The topological polar surface area (TPSA) is 40.8 Å². The van der Waals surface area contributed by atoms with E-state index in [1.54, 1.807) is 0 Å². The third kappa shape index (κ3) is 2.60. The fourth-order valence-electron chi connectivity index (χ4n) is 3.87. The average molecular weight is 315 g/mol. The number of nitrogens with one attached hydrogen (secondary N) is 1. The summed E-state index contributed by atoms with van der Waals surface area (Å²) in [6.07, 6.45) is 3.26. The standard InChI is InChI=1S/C21H21N3/c22-15-18-17-9-4-5-11-20(17)24-14-6-10-19(21(18)24)23-13-12-16-7-2-1-3-8-16/h1-5,7-9,11,19,23H,6,10,12-14H2. The van der Waals surface area contributed by atoms with Gasteiger partial charge in [-0.2, -0.15) is 5.26 Å². The molecule has 24 heavy (non-hydrogen) atoms. The second kappa shape index (κ2) is 6.51. The smallest absolute Gasteiger partial charge is 0.102 e. The zero-order chi connectivity index (χ0) is 16.4. The van der Waals surface area contributed by atoms with Gasteiger partial charge in [-0.3, -0.25) is 0 Å². The van der Waals surface area contributed by atoms with Crippen LogP contribution in [0.5, 0.6) is 0 Å². The summed E-state index contributed by atoms with van der Waals surface area (Å²) in [5.74, 6) is 0. The molecule has 1 aliphatic rings. The van der Waals surface area contributed by atoms with Gasteiger partial charge in [-0.25, -0.2) is 0 Å². The van der Waals surface area contributed by atoms with E-state index in [2.05, 4.69) is 64.5 Å². The van der Waals surface area contributed by atoms with Crippen molar-refractivity contribution >= 4 is 10.9 Å². The van der Waals surface area contributed by atoms with Gasteiger partial charge in [0.25, 0.3) is 0 Å². The summed E-state index contributed by atoms with van der Waals surface area (Å²) in [4.78, 5) is 0. The van der Waals surface area contributed by atoms with Crippen molar-refractivity contribution in [3.63, 3.8) is 0 Å². The molecular weight excluding hydrogens is 294 g/mol. The minimum Gasteiger partial charge on any atom is -0.342 e. The van der Waals surface area contributed by atoms with Crippen LogP contribution in [0.4, 0.5) is 0 Å². The second-order valence-corrected chi connectivity index (χ2v) is 6.43. The Kier molecular flexibility index (Phi) is 4.06. The summed E-state index contributed by atoms with van der Waals surface area (Å²) in [6.45, 7) is 1.94. The number of rotatable bonds is 4. The highest BCUT2D eigenvalue weighted by Crippen LogP contribution is 2.35. The molecule has 1 aliphatic heterocycles. The number of hydrogen-bond acceptors (Lipinski definition) is 2. The first-order valence-electron chi connectivity index (χ1n) is 8.67. The van der Waals surface area contributed by atoms with E-state index in [-0.39, 0.29) is 6.04 Å². The summed E-state index contributed by atoms with van der Waals surface area (Å²) in [7, 11) is 0. The lowest BCUT2D eigenvalue weighted by Crippen LogP contribution is -2.29. The average Bonchev–Trinajstić information content (AvgIpc) is 2.97. The van der Waals surface area contributed by atoms with Crippen LogP contribution in [0, 0.1) is 11.3 Å². The molecule has 1 unspecified atom stereocenters. The van der Waals surface area contributed by atoms with E-state index in [1.807, 2.05) is 6.07 Å². The molecule has 0 radical (unpaired) electrons. The van der Waals surface area contributed by atoms with Crippen LogP contribution in [0.1, 0.15) is 35.7 Å². The number of aromatic nitrogens is 1. The van der Waals surface area contributed by atoms with Crippen LogP contribution in [-0.2, 0) is 13.0 Å². The first-order chi connectivity index (χ1) is 11.9. The molecule has 0 aliphatic carbocycles. The van der Waals surface area contributed by atoms with Gasteiger partial charge in [-0.05, 0) is 37.4 Å². The molecule has 0 saturated heterocycles. The SMILES string of the molecule is N#Cc1c2n(c3ccccc13)CCCC2NCCc1ccccc1. The van der Waals surface area contributed by atoms with Crippen LogP contribution >= 0.6 is 0 Å². The predicted octanol–water partition coefficient (Wildman–Crippen LogP) is 4.18. The van der Waals surface area contributed by atoms with Gasteiger partial charge in [-0.15, -0.1) is 0 Å². The Labute approximate surface area is 142 Å². The van der Waals surface area contributed by atoms with Gasteiger partial charge in [0.05, 0.1) is 11.3 Å². The van der Waals surface area contributed by atoms with Crippen molar-refractivity contribution in [2.75, 3.05) is 6.54 Å². The Balaban J connectivity index is 1.60. The van der Waals surface area contributed by atoms with E-state index in [4.69, 9.17) is 0 Å². The number of para-hydroxylation sites is 1. The Morgan fingerprint density at radius 1 is 1.08 bits per heavy atom. The summed E-state index contributed by atoms with van der Waals surface area (Å²) < 4.78 is 2.34. The highest BCUT2D eigenvalue weighted by Gasteiger charge is 2.26. The first kappa shape index (κ1) is 15.0. The molecular formula is C21H21N3. The maximum atomic E-state index is 9.71. The normalized spacial score (nSPS) is 16.7. The zero-order valence-electron chi connectivity index (χ0n) is 13.7. The number of nitriles is 1. The van der Waals surface area contributed by atoms with Crippen molar-refractivity contribution in [1.29, 1.82) is 5.26 Å². The molecule has 3 heteroatoms. The molecule has 3 nitrogen and oxygen atoms in total. The highest BCUT2D eigenvalue weighted by atomic mass is 15.1. The summed E-state index contributed by atoms with van der Waals surface area (Å²) in [5.41, 5.74) is 4.57.